The Balaban J connectivity index is 1.63. The maximum atomic E-state index is 12.2. The lowest BCUT2D eigenvalue weighted by molar-refractivity contribution is -0.142. The van der Waals surface area contributed by atoms with Gasteiger partial charge in [-0.3, -0.25) is 4.79 Å². The minimum absolute atomic E-state index is 0.167. The van der Waals surface area contributed by atoms with Crippen LogP contribution in [0.3, 0.4) is 0 Å². The highest BCUT2D eigenvalue weighted by molar-refractivity contribution is 6.39. The Morgan fingerprint density at radius 1 is 0.852 bits per heavy atom. The molecule has 3 nitrogen and oxygen atoms in total. The summed E-state index contributed by atoms with van der Waals surface area (Å²) in [5.41, 5.74) is 3.34. The van der Waals surface area contributed by atoms with E-state index in [0.29, 0.717) is 28.8 Å². The van der Waals surface area contributed by atoms with E-state index in [4.69, 9.17) is 27.9 Å². The molecular formula is C22H19Cl2NO2. The van der Waals surface area contributed by atoms with Gasteiger partial charge in [-0.05, 0) is 29.3 Å². The van der Waals surface area contributed by atoms with Gasteiger partial charge in [-0.1, -0.05) is 77.8 Å². The molecule has 0 aliphatic carbocycles. The van der Waals surface area contributed by atoms with Crippen molar-refractivity contribution in [1.29, 1.82) is 0 Å². The molecule has 0 aliphatic heterocycles. The predicted octanol–water partition coefficient (Wildman–Crippen LogP) is 6.07. The number of rotatable bonds is 7. The Kier molecular flexibility index (Phi) is 6.74. The first-order valence-corrected chi connectivity index (χ1v) is 9.37. The molecule has 0 fully saturated rings. The Bertz CT molecular complexity index is 893. The lowest BCUT2D eigenvalue weighted by atomic mass is 10.1. The zero-order valence-electron chi connectivity index (χ0n) is 14.6. The van der Waals surface area contributed by atoms with E-state index in [1.807, 2.05) is 54.6 Å². The molecule has 0 saturated heterocycles. The van der Waals surface area contributed by atoms with Crippen LogP contribution in [0.4, 0.5) is 11.4 Å². The fraction of sp³-hybridized carbons (Fsp3) is 0.136. The number of hydrogen-bond donors (Lipinski definition) is 1. The number of hydrogen-bond acceptors (Lipinski definition) is 3. The van der Waals surface area contributed by atoms with Gasteiger partial charge in [0.25, 0.3) is 0 Å². The zero-order chi connectivity index (χ0) is 19.1. The van der Waals surface area contributed by atoms with E-state index in [2.05, 4.69) is 5.32 Å². The highest BCUT2D eigenvalue weighted by Gasteiger charge is 2.12. The van der Waals surface area contributed by atoms with Gasteiger partial charge in [-0.25, -0.2) is 0 Å². The van der Waals surface area contributed by atoms with Crippen LogP contribution in [0, 0.1) is 0 Å². The van der Waals surface area contributed by atoms with Crippen LogP contribution in [0.15, 0.2) is 72.8 Å². The highest BCUT2D eigenvalue weighted by Crippen LogP contribution is 2.33. The van der Waals surface area contributed by atoms with Gasteiger partial charge < -0.3 is 10.1 Å². The molecule has 27 heavy (non-hydrogen) atoms. The quantitative estimate of drug-likeness (QED) is 0.490. The molecule has 0 bridgehead atoms. The van der Waals surface area contributed by atoms with Crippen molar-refractivity contribution in [2.24, 2.45) is 0 Å². The van der Waals surface area contributed by atoms with Crippen molar-refractivity contribution >= 4 is 40.5 Å². The summed E-state index contributed by atoms with van der Waals surface area (Å²) < 4.78 is 5.38. The van der Waals surface area contributed by atoms with Crippen LogP contribution >= 0.6 is 23.2 Å². The van der Waals surface area contributed by atoms with Gasteiger partial charge in [-0.15, -0.1) is 0 Å². The molecule has 0 radical (unpaired) electrons. The van der Waals surface area contributed by atoms with Gasteiger partial charge in [0.1, 0.15) is 0 Å². The first-order valence-electron chi connectivity index (χ1n) is 8.62. The second kappa shape index (κ2) is 9.45. The predicted molar refractivity (Wildman–Crippen MR) is 111 cm³/mol. The molecule has 5 heteroatoms. The second-order valence-corrected chi connectivity index (χ2v) is 6.83. The van der Waals surface area contributed by atoms with E-state index in [1.165, 1.54) is 0 Å². The molecule has 0 aliphatic rings. The van der Waals surface area contributed by atoms with Gasteiger partial charge in [-0.2, -0.15) is 0 Å². The third-order valence-corrected chi connectivity index (χ3v) is 4.70. The fourth-order valence-corrected chi connectivity index (χ4v) is 3.17. The van der Waals surface area contributed by atoms with Gasteiger partial charge in [0.05, 0.1) is 28.8 Å². The Morgan fingerprint density at radius 3 is 2.26 bits per heavy atom. The summed E-state index contributed by atoms with van der Waals surface area (Å²) in [6.07, 6.45) is 0.863. The van der Waals surface area contributed by atoms with Crippen molar-refractivity contribution in [3.05, 3.63) is 94.0 Å². The van der Waals surface area contributed by atoms with Crippen molar-refractivity contribution < 1.29 is 9.53 Å². The normalized spacial score (nSPS) is 10.4. The standard InChI is InChI=1S/C22H19Cl2NO2/c23-18-10-6-11-19(24)22(18)25-20-12-5-4-9-17(20)15-21(26)27-14-13-16-7-2-1-3-8-16/h1-12,25H,13-15H2. The van der Waals surface area contributed by atoms with Crippen molar-refractivity contribution in [3.63, 3.8) is 0 Å². The molecular weight excluding hydrogens is 381 g/mol. The summed E-state index contributed by atoms with van der Waals surface area (Å²) in [6.45, 7) is 0.356. The minimum Gasteiger partial charge on any atom is -0.465 e. The number of halogens is 2. The third-order valence-electron chi connectivity index (χ3n) is 4.07. The SMILES string of the molecule is O=C(Cc1ccccc1Nc1c(Cl)cccc1Cl)OCCc1ccccc1. The lowest BCUT2D eigenvalue weighted by Crippen LogP contribution is -2.11. The molecule has 1 N–H and O–H groups in total. The molecule has 0 atom stereocenters. The number of benzene rings is 3. The van der Waals surface area contributed by atoms with Gasteiger partial charge in [0.15, 0.2) is 0 Å². The number of para-hydroxylation sites is 2. The molecule has 0 unspecified atom stereocenters. The second-order valence-electron chi connectivity index (χ2n) is 6.01. The molecule has 0 spiro atoms. The van der Waals surface area contributed by atoms with E-state index in [-0.39, 0.29) is 12.4 Å². The van der Waals surface area contributed by atoms with E-state index in [1.54, 1.807) is 18.2 Å². The minimum atomic E-state index is -0.273. The van der Waals surface area contributed by atoms with Crippen LogP contribution in [0.5, 0.6) is 0 Å². The summed E-state index contributed by atoms with van der Waals surface area (Å²) >= 11 is 12.5. The Labute approximate surface area is 168 Å². The van der Waals surface area contributed by atoms with Gasteiger partial charge >= 0.3 is 5.97 Å². The highest BCUT2D eigenvalue weighted by atomic mass is 35.5. The molecule has 0 amide bonds. The van der Waals surface area contributed by atoms with Crippen LogP contribution in [-0.2, 0) is 22.4 Å². The first-order chi connectivity index (χ1) is 13.1. The molecule has 138 valence electrons. The summed E-state index contributed by atoms with van der Waals surface area (Å²) in [5, 5.41) is 4.26. The fourth-order valence-electron chi connectivity index (χ4n) is 2.68. The lowest BCUT2D eigenvalue weighted by Gasteiger charge is -2.14. The van der Waals surface area contributed by atoms with E-state index in [9.17, 15) is 4.79 Å². The summed E-state index contributed by atoms with van der Waals surface area (Å²) in [7, 11) is 0. The van der Waals surface area contributed by atoms with Crippen LogP contribution in [0.2, 0.25) is 10.0 Å². The monoisotopic (exact) mass is 399 g/mol. The molecule has 3 rings (SSSR count). The summed E-state index contributed by atoms with van der Waals surface area (Å²) in [4.78, 5) is 12.2. The van der Waals surface area contributed by atoms with Crippen molar-refractivity contribution in [3.8, 4) is 0 Å². The van der Waals surface area contributed by atoms with Crippen molar-refractivity contribution in [1.82, 2.24) is 0 Å². The average Bonchev–Trinajstić information content (AvgIpc) is 2.67. The maximum Gasteiger partial charge on any atom is 0.310 e. The van der Waals surface area contributed by atoms with Crippen LogP contribution in [0.25, 0.3) is 0 Å². The van der Waals surface area contributed by atoms with E-state index in [0.717, 1.165) is 16.8 Å². The first kappa shape index (κ1) is 19.3. The zero-order valence-corrected chi connectivity index (χ0v) is 16.1. The number of anilines is 2. The summed E-state index contributed by atoms with van der Waals surface area (Å²) in [6, 6.07) is 22.8. The van der Waals surface area contributed by atoms with Crippen molar-refractivity contribution in [2.75, 3.05) is 11.9 Å². The Morgan fingerprint density at radius 2 is 1.52 bits per heavy atom. The van der Waals surface area contributed by atoms with E-state index < -0.39 is 0 Å². The molecule has 0 aromatic heterocycles. The summed E-state index contributed by atoms with van der Waals surface area (Å²) in [5.74, 6) is -0.273. The van der Waals surface area contributed by atoms with Crippen LogP contribution in [-0.4, -0.2) is 12.6 Å². The number of esters is 1. The maximum absolute atomic E-state index is 12.2. The van der Waals surface area contributed by atoms with Crippen molar-refractivity contribution in [2.45, 2.75) is 12.8 Å². The number of carbonyl (C=O) groups is 1. The number of nitrogens with one attached hydrogen (secondary N) is 1. The van der Waals surface area contributed by atoms with Crippen LogP contribution < -0.4 is 5.32 Å². The third kappa shape index (κ3) is 5.49. The smallest absolute Gasteiger partial charge is 0.310 e. The number of carbonyl (C=O) groups excluding carboxylic acids is 1. The number of ether oxygens (including phenoxy) is 1. The average molecular weight is 400 g/mol. The van der Waals surface area contributed by atoms with Crippen LogP contribution in [0.1, 0.15) is 11.1 Å². The Hall–Kier alpha value is -2.49. The molecule has 0 heterocycles. The molecule has 0 saturated carbocycles. The molecule has 3 aromatic carbocycles. The topological polar surface area (TPSA) is 38.3 Å². The molecule has 3 aromatic rings. The van der Waals surface area contributed by atoms with E-state index >= 15 is 0 Å². The largest absolute Gasteiger partial charge is 0.465 e. The van der Waals surface area contributed by atoms with Gasteiger partial charge in [0.2, 0.25) is 0 Å². The van der Waals surface area contributed by atoms with Gasteiger partial charge in [0, 0.05) is 12.1 Å².